The molecule has 130 valence electrons. The van der Waals surface area contributed by atoms with Crippen molar-refractivity contribution in [1.82, 2.24) is 15.1 Å². The molecule has 0 aliphatic heterocycles. The highest BCUT2D eigenvalue weighted by molar-refractivity contribution is 7.08. The van der Waals surface area contributed by atoms with Crippen molar-refractivity contribution in [3.05, 3.63) is 34.7 Å². The number of aromatic nitrogens is 2. The van der Waals surface area contributed by atoms with Crippen LogP contribution in [0, 0.1) is 0 Å². The number of aliphatic hydroxyl groups is 1. The van der Waals surface area contributed by atoms with Crippen LogP contribution in [0.1, 0.15) is 50.6 Å². The van der Waals surface area contributed by atoms with Gasteiger partial charge in [-0.15, -0.1) is 0 Å². The molecule has 0 spiro atoms. The summed E-state index contributed by atoms with van der Waals surface area (Å²) in [5, 5.41) is 24.2. The maximum atomic E-state index is 12.2. The van der Waals surface area contributed by atoms with Gasteiger partial charge in [-0.05, 0) is 42.2 Å². The molecule has 2 aromatic heterocycles. The van der Waals surface area contributed by atoms with Gasteiger partial charge >= 0.3 is 6.03 Å². The monoisotopic (exact) mass is 348 g/mol. The fourth-order valence-corrected chi connectivity index (χ4v) is 3.90. The second-order valence-electron chi connectivity index (χ2n) is 6.55. The highest BCUT2D eigenvalue weighted by atomic mass is 32.1. The molecule has 3 N–H and O–H groups in total. The van der Waals surface area contributed by atoms with Gasteiger partial charge in [0.15, 0.2) is 0 Å². The summed E-state index contributed by atoms with van der Waals surface area (Å²) in [6.45, 7) is 1.84. The van der Waals surface area contributed by atoms with Crippen molar-refractivity contribution in [2.75, 3.05) is 11.9 Å². The van der Waals surface area contributed by atoms with Gasteiger partial charge in [0.1, 0.15) is 11.4 Å². The number of rotatable bonds is 5. The van der Waals surface area contributed by atoms with E-state index in [9.17, 15) is 9.90 Å². The van der Waals surface area contributed by atoms with E-state index in [1.54, 1.807) is 13.1 Å². The normalized spacial score (nSPS) is 18.1. The predicted octanol–water partition coefficient (Wildman–Crippen LogP) is 3.48. The van der Waals surface area contributed by atoms with Gasteiger partial charge in [0.25, 0.3) is 0 Å². The minimum absolute atomic E-state index is 0.146. The molecule has 1 aliphatic carbocycles. The second kappa shape index (κ2) is 7.36. The molecular weight excluding hydrogens is 324 g/mol. The molecule has 6 nitrogen and oxygen atoms in total. The van der Waals surface area contributed by atoms with E-state index in [4.69, 9.17) is 0 Å². The van der Waals surface area contributed by atoms with Crippen LogP contribution in [0.15, 0.2) is 29.1 Å². The topological polar surface area (TPSA) is 79.2 Å². The van der Waals surface area contributed by atoms with Gasteiger partial charge in [0, 0.05) is 6.07 Å². The predicted molar refractivity (Wildman–Crippen MR) is 95.3 cm³/mol. The van der Waals surface area contributed by atoms with Gasteiger partial charge in [-0.3, -0.25) is 5.32 Å². The average molecular weight is 348 g/mol. The molecule has 2 amide bonds. The molecule has 3 rings (SSSR count). The molecule has 0 radical (unpaired) electrons. The lowest BCUT2D eigenvalue weighted by atomic mass is 9.96. The molecule has 0 unspecified atom stereocenters. The Morgan fingerprint density at radius 1 is 1.42 bits per heavy atom. The number of hydrogen-bond donors (Lipinski definition) is 3. The summed E-state index contributed by atoms with van der Waals surface area (Å²) in [5.74, 6) is 0.703. The maximum absolute atomic E-state index is 12.2. The SMILES string of the molecule is C[C@](O)(CNC(=O)Nc1ccnn1C1CCCCC1)c1ccsc1. The molecule has 1 saturated carbocycles. The van der Waals surface area contributed by atoms with Crippen LogP contribution in [0.2, 0.25) is 0 Å². The third-order valence-corrected chi connectivity index (χ3v) is 5.25. The van der Waals surface area contributed by atoms with Crippen LogP contribution >= 0.6 is 11.3 Å². The van der Waals surface area contributed by atoms with Crippen molar-refractivity contribution in [2.24, 2.45) is 0 Å². The number of carbonyl (C=O) groups excluding carboxylic acids is 1. The highest BCUT2D eigenvalue weighted by Gasteiger charge is 2.25. The molecule has 0 saturated heterocycles. The van der Waals surface area contributed by atoms with Crippen LogP contribution < -0.4 is 10.6 Å². The highest BCUT2D eigenvalue weighted by Crippen LogP contribution is 2.29. The molecule has 1 atom stereocenters. The Bertz CT molecular complexity index is 660. The van der Waals surface area contributed by atoms with E-state index in [-0.39, 0.29) is 12.6 Å². The zero-order valence-electron chi connectivity index (χ0n) is 13.9. The first-order chi connectivity index (χ1) is 11.6. The van der Waals surface area contributed by atoms with E-state index in [0.29, 0.717) is 11.9 Å². The zero-order chi connectivity index (χ0) is 17.0. The molecule has 2 aromatic rings. The van der Waals surface area contributed by atoms with Gasteiger partial charge < -0.3 is 10.4 Å². The van der Waals surface area contributed by atoms with E-state index in [1.165, 1.54) is 30.6 Å². The quantitative estimate of drug-likeness (QED) is 0.774. The molecule has 24 heavy (non-hydrogen) atoms. The first-order valence-electron chi connectivity index (χ1n) is 8.40. The second-order valence-corrected chi connectivity index (χ2v) is 7.33. The minimum atomic E-state index is -1.08. The lowest BCUT2D eigenvalue weighted by molar-refractivity contribution is 0.0604. The Kier molecular flexibility index (Phi) is 5.20. The van der Waals surface area contributed by atoms with Crippen LogP contribution in [0.25, 0.3) is 0 Å². The summed E-state index contributed by atoms with van der Waals surface area (Å²) in [7, 11) is 0. The fourth-order valence-electron chi connectivity index (χ4n) is 3.12. The smallest absolute Gasteiger partial charge is 0.320 e. The van der Waals surface area contributed by atoms with Crippen molar-refractivity contribution in [1.29, 1.82) is 0 Å². The summed E-state index contributed by atoms with van der Waals surface area (Å²) < 4.78 is 1.91. The number of amides is 2. The molecule has 2 heterocycles. The summed E-state index contributed by atoms with van der Waals surface area (Å²) >= 11 is 1.52. The fraction of sp³-hybridized carbons (Fsp3) is 0.529. The van der Waals surface area contributed by atoms with E-state index in [2.05, 4.69) is 15.7 Å². The van der Waals surface area contributed by atoms with Crippen LogP contribution in [0.5, 0.6) is 0 Å². The molecule has 0 aromatic carbocycles. The number of hydrogen-bond acceptors (Lipinski definition) is 4. The van der Waals surface area contributed by atoms with Crippen LogP contribution in [0.4, 0.5) is 10.6 Å². The molecule has 1 fully saturated rings. The van der Waals surface area contributed by atoms with Gasteiger partial charge in [-0.1, -0.05) is 19.3 Å². The first-order valence-corrected chi connectivity index (χ1v) is 9.34. The van der Waals surface area contributed by atoms with Gasteiger partial charge in [-0.25, -0.2) is 9.48 Å². The summed E-state index contributed by atoms with van der Waals surface area (Å²) in [6.07, 6.45) is 7.61. The summed E-state index contributed by atoms with van der Waals surface area (Å²) in [6, 6.07) is 3.70. The lowest BCUT2D eigenvalue weighted by Gasteiger charge is -2.25. The average Bonchev–Trinajstić information content (AvgIpc) is 3.26. The Labute approximate surface area is 145 Å². The summed E-state index contributed by atoms with van der Waals surface area (Å²) in [5.41, 5.74) is -0.277. The van der Waals surface area contributed by atoms with E-state index < -0.39 is 5.60 Å². The standard InChI is InChI=1S/C17H24N4O2S/c1-17(23,13-8-10-24-11-13)12-18-16(22)20-15-7-9-19-21(15)14-5-3-2-4-6-14/h7-11,14,23H,2-6,12H2,1H3,(H2,18,20,22)/t17-/m0/s1. The van der Waals surface area contributed by atoms with Crippen molar-refractivity contribution in [2.45, 2.75) is 50.7 Å². The number of anilines is 1. The molecule has 7 heteroatoms. The first kappa shape index (κ1) is 17.0. The van der Waals surface area contributed by atoms with E-state index in [0.717, 1.165) is 18.4 Å². The van der Waals surface area contributed by atoms with Crippen molar-refractivity contribution in [3.8, 4) is 0 Å². The Morgan fingerprint density at radius 2 is 2.21 bits per heavy atom. The maximum Gasteiger partial charge on any atom is 0.320 e. The van der Waals surface area contributed by atoms with Gasteiger partial charge in [-0.2, -0.15) is 16.4 Å². The van der Waals surface area contributed by atoms with Crippen molar-refractivity contribution < 1.29 is 9.90 Å². The number of urea groups is 1. The lowest BCUT2D eigenvalue weighted by Crippen LogP contribution is -2.40. The number of carbonyl (C=O) groups is 1. The van der Waals surface area contributed by atoms with Crippen LogP contribution in [0.3, 0.4) is 0 Å². The van der Waals surface area contributed by atoms with Crippen LogP contribution in [-0.2, 0) is 5.60 Å². The van der Waals surface area contributed by atoms with Crippen LogP contribution in [-0.4, -0.2) is 27.5 Å². The largest absolute Gasteiger partial charge is 0.384 e. The third-order valence-electron chi connectivity index (χ3n) is 4.57. The van der Waals surface area contributed by atoms with E-state index in [1.807, 2.05) is 27.6 Å². The Balaban J connectivity index is 1.57. The number of nitrogens with zero attached hydrogens (tertiary/aromatic N) is 2. The molecule has 1 aliphatic rings. The molecular formula is C17H24N4O2S. The minimum Gasteiger partial charge on any atom is -0.384 e. The Hall–Kier alpha value is -1.86. The van der Waals surface area contributed by atoms with Gasteiger partial charge in [0.2, 0.25) is 0 Å². The third kappa shape index (κ3) is 3.96. The number of nitrogens with one attached hydrogen (secondary N) is 2. The van der Waals surface area contributed by atoms with Gasteiger partial charge in [0.05, 0.1) is 18.8 Å². The van der Waals surface area contributed by atoms with Crippen molar-refractivity contribution in [3.63, 3.8) is 0 Å². The van der Waals surface area contributed by atoms with E-state index >= 15 is 0 Å². The summed E-state index contributed by atoms with van der Waals surface area (Å²) in [4.78, 5) is 12.2. The Morgan fingerprint density at radius 3 is 2.92 bits per heavy atom. The zero-order valence-corrected chi connectivity index (χ0v) is 14.7. The van der Waals surface area contributed by atoms with Crippen molar-refractivity contribution >= 4 is 23.2 Å². The number of thiophene rings is 1. The molecule has 0 bridgehead atoms.